The van der Waals surface area contributed by atoms with Gasteiger partial charge < -0.3 is 13.4 Å². The third-order valence-electron chi connectivity index (χ3n) is 11.0. The van der Waals surface area contributed by atoms with Crippen molar-refractivity contribution in [1.29, 1.82) is 0 Å². The minimum absolute atomic E-state index is 0.915. The topological polar surface area (TPSA) is 22.5 Å². The summed E-state index contributed by atoms with van der Waals surface area (Å²) in [6.07, 6.45) is 0. The molecule has 0 saturated carbocycles. The van der Waals surface area contributed by atoms with E-state index in [2.05, 4.69) is 167 Å². The van der Waals surface area contributed by atoms with Gasteiger partial charge in [-0.15, -0.1) is 0 Å². The van der Waals surface area contributed by atoms with Crippen LogP contribution in [0.15, 0.2) is 174 Å². The molecular weight excluding hydrogens is 621 g/mol. The average molecular weight is 649 g/mol. The summed E-state index contributed by atoms with van der Waals surface area (Å²) in [4.78, 5) is 0. The van der Waals surface area contributed by atoms with Gasteiger partial charge in [0.15, 0.2) is 0 Å². The van der Waals surface area contributed by atoms with E-state index >= 15 is 0 Å². The van der Waals surface area contributed by atoms with E-state index < -0.39 is 0 Å². The molecule has 0 N–H and O–H groups in total. The fourth-order valence-corrected chi connectivity index (χ4v) is 8.75. The lowest BCUT2D eigenvalue weighted by atomic mass is 9.99. The molecule has 3 nitrogen and oxygen atoms in total. The molecule has 0 bridgehead atoms. The molecule has 12 aromatic rings. The van der Waals surface area contributed by atoms with E-state index in [1.807, 2.05) is 12.1 Å². The highest BCUT2D eigenvalue weighted by Gasteiger charge is 2.19. The smallest absolute Gasteiger partial charge is 0.135 e. The van der Waals surface area contributed by atoms with Gasteiger partial charge in [0, 0.05) is 48.8 Å². The number of fused-ring (bicyclic) bond motifs is 12. The summed E-state index contributed by atoms with van der Waals surface area (Å²) in [5.74, 6) is 0. The Morgan fingerprint density at radius 2 is 0.824 bits per heavy atom. The number of hydrogen-bond donors (Lipinski definition) is 0. The SMILES string of the molecule is c1ccc2c(c1)oc1ccc(-c3ccc4c5ccccc5n(-c5ccc(-c6cc7c8ccccc8n8c9ccccc9c(c6)c78)cc5)c4c3)cc12. The van der Waals surface area contributed by atoms with Gasteiger partial charge in [0.2, 0.25) is 0 Å². The van der Waals surface area contributed by atoms with Crippen LogP contribution in [0, 0.1) is 0 Å². The Hall–Kier alpha value is -6.84. The number of aromatic nitrogens is 2. The Morgan fingerprint density at radius 3 is 1.55 bits per heavy atom. The quantitative estimate of drug-likeness (QED) is 0.187. The number of furan rings is 1. The number of para-hydroxylation sites is 4. The monoisotopic (exact) mass is 648 g/mol. The summed E-state index contributed by atoms with van der Waals surface area (Å²) in [6, 6.07) is 61.9. The number of nitrogens with zero attached hydrogens (tertiary/aromatic N) is 2. The van der Waals surface area contributed by atoms with E-state index in [1.165, 1.54) is 82.2 Å². The predicted molar refractivity (Wildman–Crippen MR) is 214 cm³/mol. The lowest BCUT2D eigenvalue weighted by Gasteiger charge is -2.11. The van der Waals surface area contributed by atoms with Gasteiger partial charge in [-0.2, -0.15) is 0 Å². The van der Waals surface area contributed by atoms with E-state index in [1.54, 1.807) is 0 Å². The van der Waals surface area contributed by atoms with Gasteiger partial charge in [0.1, 0.15) is 11.2 Å². The van der Waals surface area contributed by atoms with E-state index in [0.717, 1.165) is 27.6 Å². The fraction of sp³-hybridized carbons (Fsp3) is 0. The molecule has 0 spiro atoms. The second-order valence-corrected chi connectivity index (χ2v) is 13.7. The van der Waals surface area contributed by atoms with E-state index in [-0.39, 0.29) is 0 Å². The Kier molecular flexibility index (Phi) is 5.23. The second kappa shape index (κ2) is 9.87. The van der Waals surface area contributed by atoms with Crippen LogP contribution in [0.1, 0.15) is 0 Å². The molecule has 51 heavy (non-hydrogen) atoms. The number of rotatable bonds is 3. The Morgan fingerprint density at radius 1 is 0.314 bits per heavy atom. The van der Waals surface area contributed by atoms with Gasteiger partial charge in [-0.05, 0) is 89.0 Å². The summed E-state index contributed by atoms with van der Waals surface area (Å²) in [7, 11) is 0. The zero-order chi connectivity index (χ0) is 33.2. The maximum absolute atomic E-state index is 6.13. The van der Waals surface area contributed by atoms with Crippen LogP contribution in [0.5, 0.6) is 0 Å². The first-order valence-corrected chi connectivity index (χ1v) is 17.5. The van der Waals surface area contributed by atoms with Crippen LogP contribution in [-0.2, 0) is 0 Å². The fourth-order valence-electron chi connectivity index (χ4n) is 8.75. The molecule has 0 amide bonds. The Balaban J connectivity index is 1.03. The first-order chi connectivity index (χ1) is 25.3. The van der Waals surface area contributed by atoms with Gasteiger partial charge in [0.25, 0.3) is 0 Å². The highest BCUT2D eigenvalue weighted by atomic mass is 16.3. The predicted octanol–water partition coefficient (Wildman–Crippen LogP) is 13.2. The lowest BCUT2D eigenvalue weighted by Crippen LogP contribution is -1.94. The Bertz CT molecular complexity index is 3270. The molecule has 236 valence electrons. The molecule has 0 saturated heterocycles. The molecule has 8 aromatic carbocycles. The molecule has 4 heterocycles. The molecule has 0 radical (unpaired) electrons. The normalized spacial score (nSPS) is 12.3. The summed E-state index contributed by atoms with van der Waals surface area (Å²) < 4.78 is 11.0. The van der Waals surface area contributed by atoms with Crippen molar-refractivity contribution in [2.24, 2.45) is 0 Å². The van der Waals surface area contributed by atoms with Crippen molar-refractivity contribution in [1.82, 2.24) is 8.97 Å². The highest BCUT2D eigenvalue weighted by molar-refractivity contribution is 6.24. The number of benzene rings is 8. The molecule has 0 aliphatic carbocycles. The lowest BCUT2D eigenvalue weighted by molar-refractivity contribution is 0.669. The van der Waals surface area contributed by atoms with Crippen LogP contribution in [-0.4, -0.2) is 8.97 Å². The van der Waals surface area contributed by atoms with E-state index in [4.69, 9.17) is 4.42 Å². The minimum Gasteiger partial charge on any atom is -0.456 e. The van der Waals surface area contributed by atoms with Crippen LogP contribution in [0.25, 0.3) is 110 Å². The van der Waals surface area contributed by atoms with Gasteiger partial charge in [0.05, 0.1) is 27.6 Å². The standard InChI is InChI=1S/C48H28N2O/c1-5-13-42-34(9-1)37-23-19-31(30-20-24-47-39(25-30)38-12-4-8-16-46(38)51-47)28-45(37)49(42)33-21-17-29(18-22-33)32-26-40-35-10-2-6-14-43(35)50-44-15-7-3-11-36(44)41(27-32)48(40)50/h1-28H. The number of hydrogen-bond acceptors (Lipinski definition) is 1. The molecule has 4 aromatic heterocycles. The first-order valence-electron chi connectivity index (χ1n) is 17.5. The maximum Gasteiger partial charge on any atom is 0.135 e. The van der Waals surface area contributed by atoms with E-state index in [9.17, 15) is 0 Å². The molecule has 3 heteroatoms. The molecule has 12 rings (SSSR count). The van der Waals surface area contributed by atoms with Gasteiger partial charge >= 0.3 is 0 Å². The van der Waals surface area contributed by atoms with Crippen molar-refractivity contribution in [2.45, 2.75) is 0 Å². The molecule has 0 atom stereocenters. The Labute approximate surface area is 292 Å². The van der Waals surface area contributed by atoms with Crippen molar-refractivity contribution in [3.05, 3.63) is 170 Å². The third kappa shape index (κ3) is 3.67. The third-order valence-corrected chi connectivity index (χ3v) is 11.0. The maximum atomic E-state index is 6.13. The van der Waals surface area contributed by atoms with Crippen LogP contribution >= 0.6 is 0 Å². The summed E-state index contributed by atoms with van der Waals surface area (Å²) in [5.41, 5.74) is 14.0. The molecule has 0 aliphatic rings. The average Bonchev–Trinajstić information content (AvgIpc) is 3.93. The van der Waals surface area contributed by atoms with E-state index in [0.29, 0.717) is 0 Å². The largest absolute Gasteiger partial charge is 0.456 e. The van der Waals surface area contributed by atoms with Crippen molar-refractivity contribution in [3.8, 4) is 27.9 Å². The summed E-state index contributed by atoms with van der Waals surface area (Å²) >= 11 is 0. The van der Waals surface area contributed by atoms with Crippen LogP contribution in [0.3, 0.4) is 0 Å². The van der Waals surface area contributed by atoms with Crippen molar-refractivity contribution in [2.75, 3.05) is 0 Å². The van der Waals surface area contributed by atoms with Crippen LogP contribution < -0.4 is 0 Å². The van der Waals surface area contributed by atoms with Gasteiger partial charge in [-0.3, -0.25) is 0 Å². The van der Waals surface area contributed by atoms with Crippen LogP contribution in [0.4, 0.5) is 0 Å². The van der Waals surface area contributed by atoms with Crippen molar-refractivity contribution < 1.29 is 4.42 Å². The first kappa shape index (κ1) is 27.0. The van der Waals surface area contributed by atoms with Crippen molar-refractivity contribution in [3.63, 3.8) is 0 Å². The zero-order valence-electron chi connectivity index (χ0n) is 27.5. The minimum atomic E-state index is 0.915. The molecule has 0 fully saturated rings. The highest BCUT2D eigenvalue weighted by Crippen LogP contribution is 2.42. The molecular formula is C48H28N2O. The van der Waals surface area contributed by atoms with Gasteiger partial charge in [-0.1, -0.05) is 103 Å². The summed E-state index contributed by atoms with van der Waals surface area (Å²) in [6.45, 7) is 0. The molecule has 0 aliphatic heterocycles. The zero-order valence-corrected chi connectivity index (χ0v) is 27.5. The van der Waals surface area contributed by atoms with Crippen LogP contribution in [0.2, 0.25) is 0 Å². The summed E-state index contributed by atoms with van der Waals surface area (Å²) in [5, 5.41) is 9.98. The van der Waals surface area contributed by atoms with Gasteiger partial charge in [-0.25, -0.2) is 0 Å². The second-order valence-electron chi connectivity index (χ2n) is 13.7. The molecule has 0 unspecified atom stereocenters. The van der Waals surface area contributed by atoms with Crippen molar-refractivity contribution >= 4 is 81.8 Å².